The van der Waals surface area contributed by atoms with Crippen LogP contribution in [0.4, 0.5) is 10.5 Å². The molecule has 0 saturated carbocycles. The second-order valence-corrected chi connectivity index (χ2v) is 5.77. The smallest absolute Gasteiger partial charge is 0.409 e. The van der Waals surface area contributed by atoms with Crippen molar-refractivity contribution in [3.05, 3.63) is 84.2 Å². The van der Waals surface area contributed by atoms with Crippen molar-refractivity contribution in [1.29, 1.82) is 0 Å². The molecule has 5 heteroatoms. The number of carboxylic acid groups (broad SMARTS) is 1. The standard InChI is InChI=1S/C20H19N3O2/c21-18(12-14-4-2-1-3-5-14)19-13-16(10-11-22-19)15-6-8-17(9-7-15)23-20(24)25/h1-11,13,18,23H,12,21H2,(H,24,25)/t18-/m0/s1. The van der Waals surface area contributed by atoms with E-state index in [9.17, 15) is 4.79 Å². The summed E-state index contributed by atoms with van der Waals surface area (Å²) in [4.78, 5) is 15.1. The van der Waals surface area contributed by atoms with Crippen molar-refractivity contribution in [2.24, 2.45) is 5.73 Å². The number of aromatic nitrogens is 1. The molecule has 0 radical (unpaired) electrons. The molecule has 1 heterocycles. The number of nitrogens with zero attached hydrogens (tertiary/aromatic N) is 1. The Morgan fingerprint density at radius 1 is 1.04 bits per heavy atom. The number of carbonyl (C=O) groups is 1. The molecule has 1 aromatic heterocycles. The Morgan fingerprint density at radius 3 is 2.44 bits per heavy atom. The van der Waals surface area contributed by atoms with Gasteiger partial charge in [0.15, 0.2) is 0 Å². The Bertz CT molecular complexity index is 848. The summed E-state index contributed by atoms with van der Waals surface area (Å²) in [6.07, 6.45) is 1.39. The molecule has 4 N–H and O–H groups in total. The van der Waals surface area contributed by atoms with Gasteiger partial charge in [-0.25, -0.2) is 4.79 Å². The van der Waals surface area contributed by atoms with Gasteiger partial charge in [0.2, 0.25) is 0 Å². The second-order valence-electron chi connectivity index (χ2n) is 5.77. The van der Waals surface area contributed by atoms with Crippen LogP contribution >= 0.6 is 0 Å². The summed E-state index contributed by atoms with van der Waals surface area (Å²) in [5.41, 5.74) is 10.8. The van der Waals surface area contributed by atoms with E-state index < -0.39 is 6.09 Å². The van der Waals surface area contributed by atoms with Gasteiger partial charge in [-0.1, -0.05) is 42.5 Å². The molecular weight excluding hydrogens is 314 g/mol. The van der Waals surface area contributed by atoms with Crippen LogP contribution in [0.2, 0.25) is 0 Å². The van der Waals surface area contributed by atoms with E-state index >= 15 is 0 Å². The van der Waals surface area contributed by atoms with E-state index in [0.717, 1.165) is 23.2 Å². The summed E-state index contributed by atoms with van der Waals surface area (Å²) in [6.45, 7) is 0. The van der Waals surface area contributed by atoms with Crippen LogP contribution in [0.15, 0.2) is 72.9 Å². The number of anilines is 1. The van der Waals surface area contributed by atoms with Crippen molar-refractivity contribution >= 4 is 11.8 Å². The summed E-state index contributed by atoms with van der Waals surface area (Å²) < 4.78 is 0. The van der Waals surface area contributed by atoms with Crippen LogP contribution < -0.4 is 11.1 Å². The number of hydrogen-bond donors (Lipinski definition) is 3. The summed E-state index contributed by atoms with van der Waals surface area (Å²) in [5.74, 6) is 0. The summed E-state index contributed by atoms with van der Waals surface area (Å²) in [6, 6.07) is 21.0. The fourth-order valence-corrected chi connectivity index (χ4v) is 2.67. The predicted molar refractivity (Wildman–Crippen MR) is 98.4 cm³/mol. The highest BCUT2D eigenvalue weighted by atomic mass is 16.4. The molecule has 0 saturated heterocycles. The monoisotopic (exact) mass is 333 g/mol. The number of pyridine rings is 1. The predicted octanol–water partition coefficient (Wildman–Crippen LogP) is 4.08. The molecule has 5 nitrogen and oxygen atoms in total. The summed E-state index contributed by atoms with van der Waals surface area (Å²) in [7, 11) is 0. The molecule has 0 aliphatic heterocycles. The Kier molecular flexibility index (Phi) is 5.06. The van der Waals surface area contributed by atoms with Gasteiger partial charge in [0.25, 0.3) is 0 Å². The average molecular weight is 333 g/mol. The third-order valence-electron chi connectivity index (χ3n) is 3.93. The molecule has 25 heavy (non-hydrogen) atoms. The highest BCUT2D eigenvalue weighted by Gasteiger charge is 2.10. The molecule has 1 amide bonds. The quantitative estimate of drug-likeness (QED) is 0.656. The maximum atomic E-state index is 10.7. The van der Waals surface area contributed by atoms with Crippen LogP contribution in [0.1, 0.15) is 17.3 Å². The number of hydrogen-bond acceptors (Lipinski definition) is 3. The summed E-state index contributed by atoms with van der Waals surface area (Å²) >= 11 is 0. The van der Waals surface area contributed by atoms with Gasteiger partial charge in [-0.15, -0.1) is 0 Å². The highest BCUT2D eigenvalue weighted by Crippen LogP contribution is 2.24. The van der Waals surface area contributed by atoms with Crippen molar-refractivity contribution in [3.8, 4) is 11.1 Å². The minimum Gasteiger partial charge on any atom is -0.465 e. The molecule has 1 atom stereocenters. The molecular formula is C20H19N3O2. The van der Waals surface area contributed by atoms with Crippen LogP contribution in [0.5, 0.6) is 0 Å². The van der Waals surface area contributed by atoms with Gasteiger partial charge >= 0.3 is 6.09 Å². The fraction of sp³-hybridized carbons (Fsp3) is 0.100. The fourth-order valence-electron chi connectivity index (χ4n) is 2.67. The van der Waals surface area contributed by atoms with E-state index in [1.807, 2.05) is 42.5 Å². The molecule has 0 aliphatic carbocycles. The maximum Gasteiger partial charge on any atom is 0.409 e. The molecule has 3 aromatic rings. The van der Waals surface area contributed by atoms with Gasteiger partial charge in [-0.2, -0.15) is 0 Å². The van der Waals surface area contributed by atoms with E-state index in [1.54, 1.807) is 18.3 Å². The zero-order valence-corrected chi connectivity index (χ0v) is 13.6. The molecule has 3 rings (SSSR count). The Labute approximate surface area is 146 Å². The first-order chi connectivity index (χ1) is 12.1. The molecule has 0 spiro atoms. The SMILES string of the molecule is N[C@@H](Cc1ccccc1)c1cc(-c2ccc(NC(=O)O)cc2)ccn1. The number of benzene rings is 2. The minimum absolute atomic E-state index is 0.185. The number of amides is 1. The van der Waals surface area contributed by atoms with Crippen molar-refractivity contribution in [3.63, 3.8) is 0 Å². The van der Waals surface area contributed by atoms with Gasteiger partial charge in [-0.05, 0) is 47.4 Å². The topological polar surface area (TPSA) is 88.2 Å². The van der Waals surface area contributed by atoms with Crippen molar-refractivity contribution in [2.75, 3.05) is 5.32 Å². The first kappa shape index (κ1) is 16.7. The third-order valence-corrected chi connectivity index (χ3v) is 3.93. The zero-order valence-electron chi connectivity index (χ0n) is 13.6. The maximum absolute atomic E-state index is 10.7. The van der Waals surface area contributed by atoms with Gasteiger partial charge < -0.3 is 10.8 Å². The van der Waals surface area contributed by atoms with Gasteiger partial charge in [-0.3, -0.25) is 10.3 Å². The number of nitrogens with two attached hydrogens (primary N) is 1. The van der Waals surface area contributed by atoms with Gasteiger partial charge in [0.1, 0.15) is 0 Å². The van der Waals surface area contributed by atoms with E-state index in [0.29, 0.717) is 5.69 Å². The van der Waals surface area contributed by atoms with Gasteiger partial charge in [0, 0.05) is 11.9 Å². The van der Waals surface area contributed by atoms with E-state index in [2.05, 4.69) is 22.4 Å². The number of rotatable bonds is 5. The lowest BCUT2D eigenvalue weighted by molar-refractivity contribution is 0.210. The van der Waals surface area contributed by atoms with E-state index in [-0.39, 0.29) is 6.04 Å². The molecule has 0 bridgehead atoms. The molecule has 0 aliphatic rings. The Morgan fingerprint density at radius 2 is 1.76 bits per heavy atom. The Balaban J connectivity index is 1.78. The molecule has 2 aromatic carbocycles. The van der Waals surface area contributed by atoms with Gasteiger partial charge in [0.05, 0.1) is 11.7 Å². The van der Waals surface area contributed by atoms with Crippen molar-refractivity contribution in [2.45, 2.75) is 12.5 Å². The first-order valence-corrected chi connectivity index (χ1v) is 7.97. The van der Waals surface area contributed by atoms with Crippen LogP contribution in [-0.2, 0) is 6.42 Å². The second kappa shape index (κ2) is 7.59. The lowest BCUT2D eigenvalue weighted by Crippen LogP contribution is -2.14. The lowest BCUT2D eigenvalue weighted by atomic mass is 10.00. The van der Waals surface area contributed by atoms with Crippen LogP contribution in [0.3, 0.4) is 0 Å². The van der Waals surface area contributed by atoms with Crippen molar-refractivity contribution < 1.29 is 9.90 Å². The normalized spacial score (nSPS) is 11.7. The highest BCUT2D eigenvalue weighted by molar-refractivity contribution is 5.83. The van der Waals surface area contributed by atoms with Crippen LogP contribution in [0.25, 0.3) is 11.1 Å². The Hall–Kier alpha value is -3.18. The first-order valence-electron chi connectivity index (χ1n) is 7.97. The minimum atomic E-state index is -1.08. The largest absolute Gasteiger partial charge is 0.465 e. The number of nitrogens with one attached hydrogen (secondary N) is 1. The van der Waals surface area contributed by atoms with Crippen LogP contribution in [0, 0.1) is 0 Å². The molecule has 0 fully saturated rings. The average Bonchev–Trinajstić information content (AvgIpc) is 2.63. The molecule has 0 unspecified atom stereocenters. The third kappa shape index (κ3) is 4.43. The van der Waals surface area contributed by atoms with Crippen molar-refractivity contribution in [1.82, 2.24) is 4.98 Å². The summed E-state index contributed by atoms with van der Waals surface area (Å²) in [5, 5.41) is 11.1. The van der Waals surface area contributed by atoms with Crippen LogP contribution in [-0.4, -0.2) is 16.2 Å². The zero-order chi connectivity index (χ0) is 17.6. The van der Waals surface area contributed by atoms with E-state index in [4.69, 9.17) is 10.8 Å². The lowest BCUT2D eigenvalue weighted by Gasteiger charge is -2.13. The molecule has 126 valence electrons. The van der Waals surface area contributed by atoms with E-state index in [1.165, 1.54) is 5.56 Å².